The molecule has 2 heterocycles. The van der Waals surface area contributed by atoms with E-state index in [1.54, 1.807) is 30.7 Å². The highest BCUT2D eigenvalue weighted by Gasteiger charge is 2.13. The van der Waals surface area contributed by atoms with E-state index in [2.05, 4.69) is 9.97 Å². The van der Waals surface area contributed by atoms with E-state index < -0.39 is 0 Å². The molecule has 2 rings (SSSR count). The van der Waals surface area contributed by atoms with Crippen LogP contribution < -0.4 is 0 Å². The van der Waals surface area contributed by atoms with Crippen molar-refractivity contribution in [2.45, 2.75) is 13.3 Å². The molecule has 16 heavy (non-hydrogen) atoms. The first-order valence-electron chi connectivity index (χ1n) is 5.21. The Kier molecular flexibility index (Phi) is 3.05. The van der Waals surface area contributed by atoms with Gasteiger partial charge in [-0.2, -0.15) is 0 Å². The van der Waals surface area contributed by atoms with Gasteiger partial charge in [0.15, 0.2) is 0 Å². The van der Waals surface area contributed by atoms with E-state index in [0.717, 1.165) is 12.0 Å². The third kappa shape index (κ3) is 1.98. The molecule has 3 heteroatoms. The Bertz CT molecular complexity index is 494. The number of pyridine rings is 2. The minimum Gasteiger partial charge on any atom is -0.287 e. The van der Waals surface area contributed by atoms with Gasteiger partial charge in [-0.15, -0.1) is 0 Å². The molecule has 0 fully saturated rings. The molecular formula is C13H12N2O. The Hall–Kier alpha value is -2.03. The Morgan fingerprint density at radius 2 is 2.06 bits per heavy atom. The Labute approximate surface area is 94.2 Å². The van der Waals surface area contributed by atoms with Gasteiger partial charge in [0.25, 0.3) is 0 Å². The van der Waals surface area contributed by atoms with E-state index in [-0.39, 0.29) is 5.78 Å². The second kappa shape index (κ2) is 4.66. The van der Waals surface area contributed by atoms with Crippen LogP contribution in [-0.4, -0.2) is 15.8 Å². The van der Waals surface area contributed by atoms with Crippen LogP contribution >= 0.6 is 0 Å². The lowest BCUT2D eigenvalue weighted by molar-refractivity contribution is 0.103. The number of carbonyl (C=O) groups excluding carboxylic acids is 1. The molecule has 0 aliphatic rings. The fourth-order valence-corrected chi connectivity index (χ4v) is 1.56. The van der Waals surface area contributed by atoms with E-state index in [1.807, 2.05) is 19.1 Å². The van der Waals surface area contributed by atoms with Crippen molar-refractivity contribution < 1.29 is 4.79 Å². The first-order chi connectivity index (χ1) is 7.83. The maximum atomic E-state index is 12.1. The van der Waals surface area contributed by atoms with Crippen molar-refractivity contribution in [2.75, 3.05) is 0 Å². The van der Waals surface area contributed by atoms with Gasteiger partial charge in [0, 0.05) is 24.2 Å². The molecular weight excluding hydrogens is 200 g/mol. The summed E-state index contributed by atoms with van der Waals surface area (Å²) in [6, 6.07) is 7.28. The molecule has 0 amide bonds. The zero-order valence-electron chi connectivity index (χ0n) is 9.05. The lowest BCUT2D eigenvalue weighted by Gasteiger charge is -2.04. The van der Waals surface area contributed by atoms with E-state index in [0.29, 0.717) is 11.3 Å². The van der Waals surface area contributed by atoms with Crippen LogP contribution in [-0.2, 0) is 6.42 Å². The quantitative estimate of drug-likeness (QED) is 0.733. The summed E-state index contributed by atoms with van der Waals surface area (Å²) in [4.78, 5) is 20.2. The van der Waals surface area contributed by atoms with Crippen LogP contribution in [0.3, 0.4) is 0 Å². The first kappa shape index (κ1) is 10.5. The summed E-state index contributed by atoms with van der Waals surface area (Å²) in [6.45, 7) is 2.01. The lowest BCUT2D eigenvalue weighted by atomic mass is 10.0. The monoisotopic (exact) mass is 212 g/mol. The van der Waals surface area contributed by atoms with Gasteiger partial charge in [-0.1, -0.05) is 13.0 Å². The van der Waals surface area contributed by atoms with Crippen molar-refractivity contribution in [3.63, 3.8) is 0 Å². The molecule has 3 nitrogen and oxygen atoms in total. The van der Waals surface area contributed by atoms with Crippen molar-refractivity contribution >= 4 is 5.78 Å². The topological polar surface area (TPSA) is 42.9 Å². The van der Waals surface area contributed by atoms with Gasteiger partial charge in [0.2, 0.25) is 5.78 Å². The number of hydrogen-bond acceptors (Lipinski definition) is 3. The molecule has 0 saturated heterocycles. The summed E-state index contributed by atoms with van der Waals surface area (Å²) in [6.07, 6.45) is 5.66. The van der Waals surface area contributed by atoms with Crippen LogP contribution in [0, 0.1) is 0 Å². The van der Waals surface area contributed by atoms with Crippen LogP contribution in [0.5, 0.6) is 0 Å². The van der Waals surface area contributed by atoms with Gasteiger partial charge >= 0.3 is 0 Å². The van der Waals surface area contributed by atoms with E-state index in [4.69, 9.17) is 0 Å². The molecule has 0 aromatic carbocycles. The molecule has 0 aliphatic carbocycles. The van der Waals surface area contributed by atoms with Gasteiger partial charge < -0.3 is 0 Å². The van der Waals surface area contributed by atoms with Crippen molar-refractivity contribution in [3.8, 4) is 0 Å². The van der Waals surface area contributed by atoms with Crippen molar-refractivity contribution in [1.29, 1.82) is 0 Å². The lowest BCUT2D eigenvalue weighted by Crippen LogP contribution is -2.07. The number of hydrogen-bond donors (Lipinski definition) is 0. The number of carbonyl (C=O) groups is 1. The van der Waals surface area contributed by atoms with Crippen LogP contribution in [0.15, 0.2) is 42.9 Å². The minimum absolute atomic E-state index is 0.0643. The summed E-state index contributed by atoms with van der Waals surface area (Å²) >= 11 is 0. The molecule has 0 atom stereocenters. The normalized spacial score (nSPS) is 10.1. The van der Waals surface area contributed by atoms with Gasteiger partial charge in [0.05, 0.1) is 0 Å². The van der Waals surface area contributed by atoms with Crippen LogP contribution in [0.4, 0.5) is 0 Å². The predicted octanol–water partition coefficient (Wildman–Crippen LogP) is 2.27. The third-order valence-electron chi connectivity index (χ3n) is 2.41. The molecule has 0 spiro atoms. The molecule has 2 aromatic heterocycles. The smallest absolute Gasteiger partial charge is 0.213 e. The van der Waals surface area contributed by atoms with Crippen molar-refractivity contribution in [2.24, 2.45) is 0 Å². The standard InChI is InChI=1S/C13H12N2O/c1-2-10-5-4-8-15-12(10)13(16)11-6-3-7-14-9-11/h3-9H,2H2,1H3. The maximum absolute atomic E-state index is 12.1. The van der Waals surface area contributed by atoms with E-state index >= 15 is 0 Å². The van der Waals surface area contributed by atoms with Gasteiger partial charge in [-0.05, 0) is 30.2 Å². The number of ketones is 1. The Morgan fingerprint density at radius 3 is 2.75 bits per heavy atom. The average Bonchev–Trinajstić information content (AvgIpc) is 2.39. The summed E-state index contributed by atoms with van der Waals surface area (Å²) in [7, 11) is 0. The van der Waals surface area contributed by atoms with Crippen LogP contribution in [0.2, 0.25) is 0 Å². The highest BCUT2D eigenvalue weighted by molar-refractivity contribution is 6.08. The van der Waals surface area contributed by atoms with Crippen LogP contribution in [0.25, 0.3) is 0 Å². The highest BCUT2D eigenvalue weighted by Crippen LogP contribution is 2.11. The van der Waals surface area contributed by atoms with Crippen molar-refractivity contribution in [3.05, 3.63) is 59.7 Å². The zero-order valence-corrected chi connectivity index (χ0v) is 9.05. The fraction of sp³-hybridized carbons (Fsp3) is 0.154. The molecule has 0 bridgehead atoms. The first-order valence-corrected chi connectivity index (χ1v) is 5.21. The number of aryl methyl sites for hydroxylation is 1. The third-order valence-corrected chi connectivity index (χ3v) is 2.41. The van der Waals surface area contributed by atoms with E-state index in [9.17, 15) is 4.79 Å². The molecule has 0 N–H and O–H groups in total. The number of rotatable bonds is 3. The predicted molar refractivity (Wildman–Crippen MR) is 61.3 cm³/mol. The summed E-state index contributed by atoms with van der Waals surface area (Å²) in [5.74, 6) is -0.0643. The fourth-order valence-electron chi connectivity index (χ4n) is 1.56. The summed E-state index contributed by atoms with van der Waals surface area (Å²) in [5, 5.41) is 0. The Morgan fingerprint density at radius 1 is 1.25 bits per heavy atom. The van der Waals surface area contributed by atoms with Crippen LogP contribution in [0.1, 0.15) is 28.5 Å². The largest absolute Gasteiger partial charge is 0.287 e. The van der Waals surface area contributed by atoms with Gasteiger partial charge in [-0.3, -0.25) is 14.8 Å². The SMILES string of the molecule is CCc1cccnc1C(=O)c1cccnc1. The molecule has 2 aromatic rings. The number of nitrogens with zero attached hydrogens (tertiary/aromatic N) is 2. The molecule has 80 valence electrons. The average molecular weight is 212 g/mol. The second-order valence-corrected chi connectivity index (χ2v) is 3.44. The molecule has 0 saturated carbocycles. The van der Waals surface area contributed by atoms with Gasteiger partial charge in [0.1, 0.15) is 5.69 Å². The zero-order chi connectivity index (χ0) is 11.4. The number of aromatic nitrogens is 2. The Balaban J connectivity index is 2.42. The van der Waals surface area contributed by atoms with E-state index in [1.165, 1.54) is 0 Å². The minimum atomic E-state index is -0.0643. The summed E-state index contributed by atoms with van der Waals surface area (Å²) in [5.41, 5.74) is 2.07. The highest BCUT2D eigenvalue weighted by atomic mass is 16.1. The molecule has 0 radical (unpaired) electrons. The second-order valence-electron chi connectivity index (χ2n) is 3.44. The maximum Gasteiger partial charge on any atom is 0.213 e. The van der Waals surface area contributed by atoms with Crippen molar-refractivity contribution in [1.82, 2.24) is 9.97 Å². The molecule has 0 aliphatic heterocycles. The van der Waals surface area contributed by atoms with Gasteiger partial charge in [-0.25, -0.2) is 0 Å². The summed E-state index contributed by atoms with van der Waals surface area (Å²) < 4.78 is 0. The molecule has 0 unspecified atom stereocenters.